The maximum Gasteiger partial charge on any atom is 0.354 e. The zero-order chi connectivity index (χ0) is 21.0. The van der Waals surface area contributed by atoms with E-state index in [2.05, 4.69) is 15.3 Å². The van der Waals surface area contributed by atoms with E-state index in [9.17, 15) is 14.9 Å². The van der Waals surface area contributed by atoms with Gasteiger partial charge >= 0.3 is 11.7 Å². The molecule has 0 aliphatic heterocycles. The molecule has 3 aromatic rings. The highest BCUT2D eigenvalue weighted by Crippen LogP contribution is 2.37. The summed E-state index contributed by atoms with van der Waals surface area (Å²) in [5, 5.41) is 15.3. The third kappa shape index (κ3) is 4.25. The van der Waals surface area contributed by atoms with Crippen LogP contribution in [0.1, 0.15) is 10.4 Å². The number of carbonyl (C=O) groups excluding carboxylic acids is 1. The van der Waals surface area contributed by atoms with Crippen molar-refractivity contribution in [2.45, 2.75) is 0 Å². The molecule has 0 aliphatic carbocycles. The molecule has 1 N–H and O–H groups in total. The largest absolute Gasteiger partial charge is 0.465 e. The van der Waals surface area contributed by atoms with Gasteiger partial charge in [0.25, 0.3) is 0 Å². The number of rotatable bonds is 6. The first-order valence-electron chi connectivity index (χ1n) is 8.35. The lowest BCUT2D eigenvalue weighted by Gasteiger charge is -2.21. The Morgan fingerprint density at radius 2 is 1.86 bits per heavy atom. The number of hydrogen-bond acceptors (Lipinski definition) is 8. The van der Waals surface area contributed by atoms with E-state index in [4.69, 9.17) is 16.3 Å². The Morgan fingerprint density at radius 1 is 1.17 bits per heavy atom. The molecular weight excluding hydrogens is 398 g/mol. The van der Waals surface area contributed by atoms with Gasteiger partial charge in [0.05, 0.1) is 23.3 Å². The Morgan fingerprint density at radius 3 is 2.52 bits per heavy atom. The minimum absolute atomic E-state index is 0.00437. The molecule has 1 heterocycles. The van der Waals surface area contributed by atoms with Crippen molar-refractivity contribution in [1.29, 1.82) is 0 Å². The second kappa shape index (κ2) is 8.53. The minimum atomic E-state index is -0.579. The van der Waals surface area contributed by atoms with Crippen molar-refractivity contribution in [1.82, 2.24) is 9.97 Å². The standard InChI is InChI=1S/C19H16ClN5O4/c1-24(15-6-4-3-5-14(15)19(26)29-2)18-16(25(27)28)17(21-11-22-18)23-13-9-7-12(20)8-10-13/h3-11H,1-2H3,(H,21,22,23). The van der Waals surface area contributed by atoms with Crippen LogP contribution in [0.3, 0.4) is 0 Å². The first-order valence-corrected chi connectivity index (χ1v) is 8.73. The highest BCUT2D eigenvalue weighted by atomic mass is 35.5. The zero-order valence-electron chi connectivity index (χ0n) is 15.5. The summed E-state index contributed by atoms with van der Waals surface area (Å²) in [6.45, 7) is 0. The summed E-state index contributed by atoms with van der Waals surface area (Å²) in [4.78, 5) is 32.9. The highest BCUT2D eigenvalue weighted by molar-refractivity contribution is 6.30. The van der Waals surface area contributed by atoms with Crippen molar-refractivity contribution in [2.24, 2.45) is 0 Å². The van der Waals surface area contributed by atoms with Gasteiger partial charge in [-0.15, -0.1) is 0 Å². The van der Waals surface area contributed by atoms with Gasteiger partial charge in [0.1, 0.15) is 6.33 Å². The van der Waals surface area contributed by atoms with Crippen LogP contribution in [-0.4, -0.2) is 35.0 Å². The Kier molecular flexibility index (Phi) is 5.89. The van der Waals surface area contributed by atoms with Crippen LogP contribution >= 0.6 is 11.6 Å². The summed E-state index contributed by atoms with van der Waals surface area (Å²) < 4.78 is 4.80. The molecule has 0 bridgehead atoms. The van der Waals surface area contributed by atoms with Gasteiger partial charge in [0.15, 0.2) is 0 Å². The number of esters is 1. The molecule has 0 fully saturated rings. The van der Waals surface area contributed by atoms with E-state index < -0.39 is 10.9 Å². The first kappa shape index (κ1) is 20.0. The summed E-state index contributed by atoms with van der Waals surface area (Å²) in [6, 6.07) is 13.2. The van der Waals surface area contributed by atoms with Gasteiger partial charge in [-0.25, -0.2) is 14.8 Å². The highest BCUT2D eigenvalue weighted by Gasteiger charge is 2.28. The van der Waals surface area contributed by atoms with Crippen molar-refractivity contribution in [3.63, 3.8) is 0 Å². The Balaban J connectivity index is 2.07. The number of methoxy groups -OCH3 is 1. The number of para-hydroxylation sites is 1. The van der Waals surface area contributed by atoms with Gasteiger partial charge in [-0.1, -0.05) is 23.7 Å². The lowest BCUT2D eigenvalue weighted by Crippen LogP contribution is -2.18. The average molecular weight is 414 g/mol. The Labute approximate surface area is 171 Å². The monoisotopic (exact) mass is 413 g/mol. The third-order valence-corrected chi connectivity index (χ3v) is 4.33. The van der Waals surface area contributed by atoms with E-state index >= 15 is 0 Å². The maximum atomic E-state index is 12.1. The van der Waals surface area contributed by atoms with Crippen molar-refractivity contribution in [2.75, 3.05) is 24.4 Å². The number of anilines is 4. The van der Waals surface area contributed by atoms with E-state index in [-0.39, 0.29) is 22.9 Å². The van der Waals surface area contributed by atoms with Crippen LogP contribution in [0, 0.1) is 10.1 Å². The summed E-state index contributed by atoms with van der Waals surface area (Å²) >= 11 is 5.88. The number of aromatic nitrogens is 2. The van der Waals surface area contributed by atoms with Crippen molar-refractivity contribution < 1.29 is 14.5 Å². The number of benzene rings is 2. The van der Waals surface area contributed by atoms with Crippen molar-refractivity contribution in [3.05, 3.63) is 75.6 Å². The van der Waals surface area contributed by atoms with Crippen LogP contribution in [0.25, 0.3) is 0 Å². The minimum Gasteiger partial charge on any atom is -0.465 e. The molecular formula is C19H16ClN5O4. The first-order chi connectivity index (χ1) is 13.9. The lowest BCUT2D eigenvalue weighted by molar-refractivity contribution is -0.383. The van der Waals surface area contributed by atoms with Crippen LogP contribution in [-0.2, 0) is 4.74 Å². The fourth-order valence-electron chi connectivity index (χ4n) is 2.71. The number of nitro groups is 1. The van der Waals surface area contributed by atoms with E-state index in [1.165, 1.54) is 18.3 Å². The van der Waals surface area contributed by atoms with E-state index in [0.29, 0.717) is 16.4 Å². The Bertz CT molecular complexity index is 1060. The fraction of sp³-hybridized carbons (Fsp3) is 0.105. The SMILES string of the molecule is COC(=O)c1ccccc1N(C)c1ncnc(Nc2ccc(Cl)cc2)c1[N+](=O)[O-]. The number of nitrogens with zero attached hydrogens (tertiary/aromatic N) is 4. The molecule has 1 aromatic heterocycles. The molecule has 0 unspecified atom stereocenters. The smallest absolute Gasteiger partial charge is 0.354 e. The van der Waals surface area contributed by atoms with Crippen LogP contribution in [0.15, 0.2) is 54.9 Å². The van der Waals surface area contributed by atoms with Gasteiger partial charge < -0.3 is 15.0 Å². The Hall–Kier alpha value is -3.72. The van der Waals surface area contributed by atoms with E-state index in [0.717, 1.165) is 0 Å². The molecule has 9 nitrogen and oxygen atoms in total. The van der Waals surface area contributed by atoms with Crippen LogP contribution < -0.4 is 10.2 Å². The predicted octanol–water partition coefficient (Wildman–Crippen LogP) is 4.34. The zero-order valence-corrected chi connectivity index (χ0v) is 16.3. The summed E-state index contributed by atoms with van der Waals surface area (Å²) in [5.41, 5.74) is 0.876. The molecule has 0 saturated carbocycles. The van der Waals surface area contributed by atoms with Crippen LogP contribution in [0.2, 0.25) is 5.02 Å². The molecule has 0 spiro atoms. The molecule has 29 heavy (non-hydrogen) atoms. The normalized spacial score (nSPS) is 10.3. The second-order valence-corrected chi connectivity index (χ2v) is 6.29. The fourth-order valence-corrected chi connectivity index (χ4v) is 2.83. The van der Waals surface area contributed by atoms with E-state index in [1.54, 1.807) is 55.6 Å². The molecule has 0 aliphatic rings. The molecule has 0 amide bonds. The van der Waals surface area contributed by atoms with Crippen LogP contribution in [0.4, 0.5) is 28.7 Å². The molecule has 0 saturated heterocycles. The number of ether oxygens (including phenoxy) is 1. The van der Waals surface area contributed by atoms with Crippen molar-refractivity contribution in [3.8, 4) is 0 Å². The summed E-state index contributed by atoms with van der Waals surface area (Å²) in [5.74, 6) is -0.550. The quantitative estimate of drug-likeness (QED) is 0.361. The van der Waals surface area contributed by atoms with E-state index in [1.807, 2.05) is 0 Å². The molecule has 2 aromatic carbocycles. The lowest BCUT2D eigenvalue weighted by atomic mass is 10.1. The predicted molar refractivity (Wildman–Crippen MR) is 109 cm³/mol. The van der Waals surface area contributed by atoms with Gasteiger partial charge in [-0.3, -0.25) is 10.1 Å². The van der Waals surface area contributed by atoms with Crippen molar-refractivity contribution >= 4 is 46.3 Å². The topological polar surface area (TPSA) is 110 Å². The molecule has 0 atom stereocenters. The summed E-state index contributed by atoms with van der Waals surface area (Å²) in [7, 11) is 2.84. The molecule has 148 valence electrons. The van der Waals surface area contributed by atoms with Gasteiger partial charge in [-0.05, 0) is 36.4 Å². The number of hydrogen-bond donors (Lipinski definition) is 1. The van der Waals surface area contributed by atoms with Gasteiger partial charge in [0.2, 0.25) is 11.6 Å². The second-order valence-electron chi connectivity index (χ2n) is 5.85. The number of nitrogens with one attached hydrogen (secondary N) is 1. The molecule has 3 rings (SSSR count). The van der Waals surface area contributed by atoms with Gasteiger partial charge in [0, 0.05) is 17.8 Å². The number of carbonyl (C=O) groups is 1. The summed E-state index contributed by atoms with van der Waals surface area (Å²) in [6.07, 6.45) is 1.21. The van der Waals surface area contributed by atoms with Crippen LogP contribution in [0.5, 0.6) is 0 Å². The average Bonchev–Trinajstić information content (AvgIpc) is 2.74. The third-order valence-electron chi connectivity index (χ3n) is 4.08. The maximum absolute atomic E-state index is 12.1. The molecule has 0 radical (unpaired) electrons. The van der Waals surface area contributed by atoms with Gasteiger partial charge in [-0.2, -0.15) is 0 Å². The number of halogens is 1. The molecule has 10 heteroatoms.